The van der Waals surface area contributed by atoms with Gasteiger partial charge in [0.1, 0.15) is 0 Å². The molecule has 2 nitrogen and oxygen atoms in total. The van der Waals surface area contributed by atoms with Gasteiger partial charge in [-0.2, -0.15) is 0 Å². The molecule has 2 fully saturated rings. The summed E-state index contributed by atoms with van der Waals surface area (Å²) in [4.78, 5) is 2.62. The summed E-state index contributed by atoms with van der Waals surface area (Å²) in [5, 5.41) is 0. The third-order valence-electron chi connectivity index (χ3n) is 2.97. The maximum Gasteiger partial charge on any atom is 0.0705 e. The SMILES string of the molecule is CC(C)CC1CN(C2CC2)CCO1. The third-order valence-corrected chi connectivity index (χ3v) is 2.97. The zero-order chi connectivity index (χ0) is 9.26. The van der Waals surface area contributed by atoms with Gasteiger partial charge in [0.05, 0.1) is 12.7 Å². The molecular formula is C11H21NO. The molecule has 76 valence electrons. The second kappa shape index (κ2) is 3.97. The zero-order valence-corrected chi connectivity index (χ0v) is 8.83. The lowest BCUT2D eigenvalue weighted by Crippen LogP contribution is -2.43. The molecule has 13 heavy (non-hydrogen) atoms. The summed E-state index contributed by atoms with van der Waals surface area (Å²) in [6.45, 7) is 7.86. The van der Waals surface area contributed by atoms with Crippen LogP contribution in [-0.2, 0) is 4.74 Å². The van der Waals surface area contributed by atoms with Gasteiger partial charge in [0.2, 0.25) is 0 Å². The predicted molar refractivity (Wildman–Crippen MR) is 53.8 cm³/mol. The predicted octanol–water partition coefficient (Wildman–Crippen LogP) is 1.90. The largest absolute Gasteiger partial charge is 0.376 e. The highest BCUT2D eigenvalue weighted by molar-refractivity contribution is 4.87. The average Bonchev–Trinajstić information content (AvgIpc) is 2.85. The van der Waals surface area contributed by atoms with Gasteiger partial charge in [-0.3, -0.25) is 4.90 Å². The van der Waals surface area contributed by atoms with E-state index in [9.17, 15) is 0 Å². The lowest BCUT2D eigenvalue weighted by atomic mass is 10.0. The van der Waals surface area contributed by atoms with Crippen LogP contribution in [0.1, 0.15) is 33.1 Å². The Bertz CT molecular complexity index is 165. The number of hydrogen-bond acceptors (Lipinski definition) is 2. The lowest BCUT2D eigenvalue weighted by molar-refractivity contribution is -0.0400. The summed E-state index contributed by atoms with van der Waals surface area (Å²) >= 11 is 0. The fourth-order valence-corrected chi connectivity index (χ4v) is 2.18. The Balaban J connectivity index is 1.77. The van der Waals surface area contributed by atoms with Crippen molar-refractivity contribution in [3.8, 4) is 0 Å². The molecule has 2 rings (SSSR count). The van der Waals surface area contributed by atoms with Crippen LogP contribution in [-0.4, -0.2) is 36.7 Å². The molecule has 0 spiro atoms. The molecule has 0 aromatic carbocycles. The van der Waals surface area contributed by atoms with E-state index >= 15 is 0 Å². The van der Waals surface area contributed by atoms with Gasteiger partial charge < -0.3 is 4.74 Å². The highest BCUT2D eigenvalue weighted by Crippen LogP contribution is 2.29. The molecule has 0 bridgehead atoms. The summed E-state index contributed by atoms with van der Waals surface area (Å²) in [5.74, 6) is 0.768. The first-order valence-electron chi connectivity index (χ1n) is 5.61. The number of morpholine rings is 1. The van der Waals surface area contributed by atoms with E-state index in [4.69, 9.17) is 4.74 Å². The first kappa shape index (κ1) is 9.47. The van der Waals surface area contributed by atoms with E-state index in [2.05, 4.69) is 18.7 Å². The van der Waals surface area contributed by atoms with Crippen molar-refractivity contribution in [3.05, 3.63) is 0 Å². The molecular weight excluding hydrogens is 162 g/mol. The van der Waals surface area contributed by atoms with E-state index in [1.165, 1.54) is 32.4 Å². The summed E-state index contributed by atoms with van der Waals surface area (Å²) in [6.07, 6.45) is 4.58. The van der Waals surface area contributed by atoms with Crippen molar-refractivity contribution in [3.63, 3.8) is 0 Å². The summed E-state index contributed by atoms with van der Waals surface area (Å²) in [5.41, 5.74) is 0. The van der Waals surface area contributed by atoms with Crippen LogP contribution < -0.4 is 0 Å². The summed E-state index contributed by atoms with van der Waals surface area (Å²) < 4.78 is 5.76. The molecule has 1 aliphatic carbocycles. The van der Waals surface area contributed by atoms with Crippen LogP contribution in [0.15, 0.2) is 0 Å². The van der Waals surface area contributed by atoms with Gasteiger partial charge in [-0.1, -0.05) is 13.8 Å². The van der Waals surface area contributed by atoms with Crippen LogP contribution in [0, 0.1) is 5.92 Å². The van der Waals surface area contributed by atoms with Crippen LogP contribution in [0.5, 0.6) is 0 Å². The molecule has 0 amide bonds. The zero-order valence-electron chi connectivity index (χ0n) is 8.83. The van der Waals surface area contributed by atoms with Crippen molar-refractivity contribution in [2.75, 3.05) is 19.7 Å². The smallest absolute Gasteiger partial charge is 0.0705 e. The highest BCUT2D eigenvalue weighted by Gasteiger charge is 2.32. The first-order chi connectivity index (χ1) is 6.25. The van der Waals surface area contributed by atoms with E-state index in [-0.39, 0.29) is 0 Å². The van der Waals surface area contributed by atoms with Gasteiger partial charge in [0.15, 0.2) is 0 Å². The molecule has 0 N–H and O–H groups in total. The quantitative estimate of drug-likeness (QED) is 0.662. The standard InChI is InChI=1S/C11H21NO/c1-9(2)7-11-8-12(5-6-13-11)10-3-4-10/h9-11H,3-8H2,1-2H3. The molecule has 0 aromatic heterocycles. The van der Waals surface area contributed by atoms with Gasteiger partial charge in [0, 0.05) is 19.1 Å². The molecule has 0 radical (unpaired) electrons. The van der Waals surface area contributed by atoms with E-state index in [1.807, 2.05) is 0 Å². The minimum absolute atomic E-state index is 0.509. The summed E-state index contributed by atoms with van der Waals surface area (Å²) in [7, 11) is 0. The van der Waals surface area contributed by atoms with Crippen molar-refractivity contribution in [1.29, 1.82) is 0 Å². The number of nitrogens with zero attached hydrogens (tertiary/aromatic N) is 1. The van der Waals surface area contributed by atoms with Crippen LogP contribution in [0.3, 0.4) is 0 Å². The van der Waals surface area contributed by atoms with Crippen molar-refractivity contribution >= 4 is 0 Å². The van der Waals surface area contributed by atoms with Gasteiger partial charge in [-0.05, 0) is 25.2 Å². The van der Waals surface area contributed by atoms with Gasteiger partial charge in [0.25, 0.3) is 0 Å². The van der Waals surface area contributed by atoms with E-state index < -0.39 is 0 Å². The topological polar surface area (TPSA) is 12.5 Å². The van der Waals surface area contributed by atoms with Gasteiger partial charge in [-0.25, -0.2) is 0 Å². The number of hydrogen-bond donors (Lipinski definition) is 0. The maximum absolute atomic E-state index is 5.76. The second-order valence-electron chi connectivity index (χ2n) is 4.85. The Kier molecular flexibility index (Phi) is 2.89. The van der Waals surface area contributed by atoms with E-state index in [1.54, 1.807) is 0 Å². The monoisotopic (exact) mass is 183 g/mol. The Morgan fingerprint density at radius 1 is 1.38 bits per heavy atom. The second-order valence-corrected chi connectivity index (χ2v) is 4.85. The molecule has 0 aromatic rings. The lowest BCUT2D eigenvalue weighted by Gasteiger charge is -2.33. The molecule has 2 heteroatoms. The van der Waals surface area contributed by atoms with Gasteiger partial charge in [-0.15, -0.1) is 0 Å². The molecule has 1 saturated heterocycles. The molecule has 1 saturated carbocycles. The fourth-order valence-electron chi connectivity index (χ4n) is 2.18. The molecule has 1 heterocycles. The average molecular weight is 183 g/mol. The van der Waals surface area contributed by atoms with Crippen molar-refractivity contribution in [2.45, 2.75) is 45.3 Å². The molecule has 1 unspecified atom stereocenters. The van der Waals surface area contributed by atoms with Crippen LogP contribution in [0.25, 0.3) is 0 Å². The fraction of sp³-hybridized carbons (Fsp3) is 1.00. The number of ether oxygens (including phenoxy) is 1. The molecule has 1 aliphatic heterocycles. The number of rotatable bonds is 3. The Morgan fingerprint density at radius 2 is 2.15 bits per heavy atom. The van der Waals surface area contributed by atoms with E-state index in [0.717, 1.165) is 18.6 Å². The van der Waals surface area contributed by atoms with Crippen molar-refractivity contribution < 1.29 is 4.74 Å². The molecule has 2 aliphatic rings. The Morgan fingerprint density at radius 3 is 2.77 bits per heavy atom. The van der Waals surface area contributed by atoms with Crippen LogP contribution in [0.4, 0.5) is 0 Å². The van der Waals surface area contributed by atoms with Crippen LogP contribution in [0.2, 0.25) is 0 Å². The first-order valence-corrected chi connectivity index (χ1v) is 5.61. The maximum atomic E-state index is 5.76. The highest BCUT2D eigenvalue weighted by atomic mass is 16.5. The normalized spacial score (nSPS) is 31.2. The van der Waals surface area contributed by atoms with Crippen LogP contribution >= 0.6 is 0 Å². The van der Waals surface area contributed by atoms with Crippen molar-refractivity contribution in [1.82, 2.24) is 4.90 Å². The minimum Gasteiger partial charge on any atom is -0.376 e. The van der Waals surface area contributed by atoms with Crippen molar-refractivity contribution in [2.24, 2.45) is 5.92 Å². The minimum atomic E-state index is 0.509. The van der Waals surface area contributed by atoms with Gasteiger partial charge >= 0.3 is 0 Å². The molecule has 1 atom stereocenters. The Hall–Kier alpha value is -0.0800. The third kappa shape index (κ3) is 2.68. The van der Waals surface area contributed by atoms with E-state index in [0.29, 0.717) is 6.10 Å². The Labute approximate surface area is 81.3 Å². The summed E-state index contributed by atoms with van der Waals surface area (Å²) in [6, 6.07) is 0.915.